The van der Waals surface area contributed by atoms with Gasteiger partial charge in [-0.1, -0.05) is 32.6 Å². The number of aliphatic hydroxyl groups is 1. The monoisotopic (exact) mass is 145 g/mol. The maximum Gasteiger partial charge on any atom is 0.188 e. The summed E-state index contributed by atoms with van der Waals surface area (Å²) >= 11 is 0. The third kappa shape index (κ3) is 7.92. The topological polar surface area (TPSA) is 40.1 Å². The summed E-state index contributed by atoms with van der Waals surface area (Å²) in [4.78, 5) is 0. The first-order valence-corrected chi connectivity index (χ1v) is 4.11. The number of aliphatic hydroxyl groups excluding tert-OH is 1. The molecule has 0 fully saturated rings. The lowest BCUT2D eigenvalue weighted by molar-refractivity contribution is -0.0968. The normalized spacial score (nSPS) is 10.8. The summed E-state index contributed by atoms with van der Waals surface area (Å²) in [5.41, 5.74) is 0. The van der Waals surface area contributed by atoms with Crippen molar-refractivity contribution >= 4 is 0 Å². The van der Waals surface area contributed by atoms with Gasteiger partial charge in [-0.25, -0.2) is 5.11 Å². The summed E-state index contributed by atoms with van der Waals surface area (Å²) in [5, 5.41) is 18.5. The molecule has 0 saturated carbocycles. The molecule has 0 aromatic heterocycles. The summed E-state index contributed by atoms with van der Waals surface area (Å²) < 4.78 is 0. The van der Waals surface area contributed by atoms with Gasteiger partial charge < -0.3 is 5.11 Å². The van der Waals surface area contributed by atoms with Crippen molar-refractivity contribution in [2.24, 2.45) is 0 Å². The minimum absolute atomic E-state index is 0.420. The van der Waals surface area contributed by atoms with Crippen molar-refractivity contribution in [3.05, 3.63) is 0 Å². The van der Waals surface area contributed by atoms with Crippen LogP contribution in [0.1, 0.15) is 45.4 Å². The molecule has 0 aliphatic carbocycles. The van der Waals surface area contributed by atoms with Crippen molar-refractivity contribution < 1.29 is 10.2 Å². The zero-order valence-corrected chi connectivity index (χ0v) is 6.68. The fraction of sp³-hybridized carbons (Fsp3) is 1.00. The molecule has 1 unspecified atom stereocenters. The zero-order valence-electron chi connectivity index (χ0n) is 6.68. The van der Waals surface area contributed by atoms with Gasteiger partial charge in [-0.15, -0.1) is 0 Å². The molecule has 2 nitrogen and oxygen atoms in total. The summed E-state index contributed by atoms with van der Waals surface area (Å²) in [7, 11) is 0. The number of rotatable bonds is 6. The fourth-order valence-electron chi connectivity index (χ4n) is 0.923. The third-order valence-corrected chi connectivity index (χ3v) is 1.55. The van der Waals surface area contributed by atoms with Gasteiger partial charge in [-0.2, -0.15) is 0 Å². The predicted octanol–water partition coefficient (Wildman–Crippen LogP) is 2.10. The van der Waals surface area contributed by atoms with Crippen LogP contribution >= 0.6 is 0 Å². The Balaban J connectivity index is 2.77. The average Bonchev–Trinajstić information content (AvgIpc) is 1.87. The standard InChI is InChI=1S/C8H17O2/c1-2-3-4-5-6-7-8(9)10/h8-9H,2-7H2,1H3. The first-order chi connectivity index (χ1) is 4.77. The van der Waals surface area contributed by atoms with Crippen molar-refractivity contribution in [3.8, 4) is 0 Å². The summed E-state index contributed by atoms with van der Waals surface area (Å²) in [6.07, 6.45) is 4.71. The van der Waals surface area contributed by atoms with Crippen molar-refractivity contribution in [1.82, 2.24) is 0 Å². The van der Waals surface area contributed by atoms with E-state index in [-0.39, 0.29) is 0 Å². The van der Waals surface area contributed by atoms with Crippen LogP contribution in [0.2, 0.25) is 0 Å². The SMILES string of the molecule is CCCCCCCC([O])O. The lowest BCUT2D eigenvalue weighted by atomic mass is 10.1. The Morgan fingerprint density at radius 2 is 1.80 bits per heavy atom. The molecule has 0 spiro atoms. The highest BCUT2D eigenvalue weighted by Gasteiger charge is 1.97. The summed E-state index contributed by atoms with van der Waals surface area (Å²) in [5.74, 6) is 0. The first kappa shape index (κ1) is 9.92. The van der Waals surface area contributed by atoms with E-state index in [1.165, 1.54) is 19.3 Å². The van der Waals surface area contributed by atoms with Gasteiger partial charge in [0.2, 0.25) is 0 Å². The molecule has 10 heavy (non-hydrogen) atoms. The minimum Gasteiger partial charge on any atom is -0.366 e. The Morgan fingerprint density at radius 1 is 1.20 bits per heavy atom. The highest BCUT2D eigenvalue weighted by atomic mass is 16.5. The highest BCUT2D eigenvalue weighted by molar-refractivity contribution is 4.43. The molecule has 0 heterocycles. The van der Waals surface area contributed by atoms with E-state index in [2.05, 4.69) is 6.92 Å². The van der Waals surface area contributed by atoms with Crippen LogP contribution in [0.15, 0.2) is 0 Å². The van der Waals surface area contributed by atoms with Crippen LogP contribution in [-0.2, 0) is 5.11 Å². The van der Waals surface area contributed by atoms with Crippen molar-refractivity contribution in [2.75, 3.05) is 0 Å². The van der Waals surface area contributed by atoms with Crippen LogP contribution in [0.5, 0.6) is 0 Å². The van der Waals surface area contributed by atoms with Gasteiger partial charge in [0, 0.05) is 6.42 Å². The lowest BCUT2D eigenvalue weighted by Crippen LogP contribution is -2.00. The number of hydrogen-bond acceptors (Lipinski definition) is 1. The molecule has 0 saturated heterocycles. The van der Waals surface area contributed by atoms with Gasteiger partial charge >= 0.3 is 0 Å². The van der Waals surface area contributed by atoms with E-state index in [1.807, 2.05) is 0 Å². The second-order valence-electron chi connectivity index (χ2n) is 2.66. The molecule has 0 amide bonds. The molecule has 1 N–H and O–H groups in total. The van der Waals surface area contributed by atoms with Crippen LogP contribution < -0.4 is 0 Å². The van der Waals surface area contributed by atoms with E-state index >= 15 is 0 Å². The van der Waals surface area contributed by atoms with E-state index in [4.69, 9.17) is 5.11 Å². The number of hydrogen-bond donors (Lipinski definition) is 1. The second kappa shape index (κ2) is 7.03. The molecule has 0 bridgehead atoms. The number of unbranched alkanes of at least 4 members (excludes halogenated alkanes) is 4. The Labute approximate surface area is 62.9 Å². The molecular formula is C8H17O2. The Hall–Kier alpha value is -0.0800. The maximum absolute atomic E-state index is 10.1. The van der Waals surface area contributed by atoms with Crippen molar-refractivity contribution in [3.63, 3.8) is 0 Å². The average molecular weight is 145 g/mol. The molecule has 2 heteroatoms. The minimum atomic E-state index is -1.35. The Morgan fingerprint density at radius 3 is 2.30 bits per heavy atom. The molecular weight excluding hydrogens is 128 g/mol. The molecule has 0 aliphatic rings. The van der Waals surface area contributed by atoms with Crippen LogP contribution in [0.4, 0.5) is 0 Å². The predicted molar refractivity (Wildman–Crippen MR) is 40.1 cm³/mol. The molecule has 61 valence electrons. The zero-order chi connectivity index (χ0) is 7.82. The van der Waals surface area contributed by atoms with Gasteiger partial charge in [0.25, 0.3) is 0 Å². The van der Waals surface area contributed by atoms with E-state index in [0.29, 0.717) is 6.42 Å². The Bertz CT molecular complexity index is 62.3. The smallest absolute Gasteiger partial charge is 0.188 e. The van der Waals surface area contributed by atoms with E-state index in [9.17, 15) is 5.11 Å². The lowest BCUT2D eigenvalue weighted by Gasteiger charge is -1.99. The van der Waals surface area contributed by atoms with Gasteiger partial charge in [0.1, 0.15) is 0 Å². The van der Waals surface area contributed by atoms with E-state index in [1.54, 1.807) is 0 Å². The van der Waals surface area contributed by atoms with Gasteiger partial charge in [-0.3, -0.25) is 0 Å². The van der Waals surface area contributed by atoms with Crippen LogP contribution in [0.3, 0.4) is 0 Å². The molecule has 0 rings (SSSR count). The Kier molecular flexibility index (Phi) is 6.98. The van der Waals surface area contributed by atoms with E-state index < -0.39 is 6.29 Å². The van der Waals surface area contributed by atoms with Crippen LogP contribution in [0.25, 0.3) is 0 Å². The maximum atomic E-state index is 10.1. The summed E-state index contributed by atoms with van der Waals surface area (Å²) in [6.45, 7) is 2.16. The third-order valence-electron chi connectivity index (χ3n) is 1.55. The van der Waals surface area contributed by atoms with Crippen molar-refractivity contribution in [2.45, 2.75) is 51.7 Å². The van der Waals surface area contributed by atoms with E-state index in [0.717, 1.165) is 12.8 Å². The van der Waals surface area contributed by atoms with Crippen LogP contribution in [-0.4, -0.2) is 11.4 Å². The van der Waals surface area contributed by atoms with Gasteiger partial charge in [0.15, 0.2) is 6.29 Å². The quantitative estimate of drug-likeness (QED) is 0.451. The van der Waals surface area contributed by atoms with Gasteiger partial charge in [-0.05, 0) is 6.42 Å². The second-order valence-corrected chi connectivity index (χ2v) is 2.66. The first-order valence-electron chi connectivity index (χ1n) is 4.11. The van der Waals surface area contributed by atoms with Crippen LogP contribution in [0, 0.1) is 0 Å². The largest absolute Gasteiger partial charge is 0.366 e. The van der Waals surface area contributed by atoms with Gasteiger partial charge in [0.05, 0.1) is 0 Å². The molecule has 1 radical (unpaired) electrons. The summed E-state index contributed by atoms with van der Waals surface area (Å²) in [6, 6.07) is 0. The molecule has 0 aliphatic heterocycles. The molecule has 1 atom stereocenters. The molecule has 0 aromatic rings. The van der Waals surface area contributed by atoms with Crippen molar-refractivity contribution in [1.29, 1.82) is 0 Å². The molecule has 0 aromatic carbocycles. The highest BCUT2D eigenvalue weighted by Crippen LogP contribution is 2.05. The fourth-order valence-corrected chi connectivity index (χ4v) is 0.923.